The van der Waals surface area contributed by atoms with Crippen LogP contribution in [0.1, 0.15) is 27.3 Å². The van der Waals surface area contributed by atoms with Gasteiger partial charge in [-0.25, -0.2) is 0 Å². The highest BCUT2D eigenvalue weighted by Crippen LogP contribution is 2.16. The van der Waals surface area contributed by atoms with E-state index in [1.165, 1.54) is 30.0 Å². The number of piperidine rings is 1. The van der Waals surface area contributed by atoms with Gasteiger partial charge < -0.3 is 15.3 Å². The van der Waals surface area contributed by atoms with Gasteiger partial charge in [0.05, 0.1) is 22.7 Å². The number of nitrogens with zero attached hydrogens (tertiary/aromatic N) is 3. The highest BCUT2D eigenvalue weighted by Gasteiger charge is 2.32. The molecule has 1 saturated heterocycles. The zero-order valence-electron chi connectivity index (χ0n) is 12.6. The van der Waals surface area contributed by atoms with Crippen molar-refractivity contribution in [1.82, 2.24) is 19.6 Å². The van der Waals surface area contributed by atoms with Gasteiger partial charge in [0, 0.05) is 30.9 Å². The number of rotatable bonds is 3. The van der Waals surface area contributed by atoms with Crippen LogP contribution >= 0.6 is 23.1 Å². The number of hydrogen-bond acceptors (Lipinski definition) is 6. The maximum Gasteiger partial charge on any atom is 0.273 e. The molecule has 1 aliphatic rings. The maximum atomic E-state index is 12.2. The largest absolute Gasteiger partial charge is 0.389 e. The zero-order chi connectivity index (χ0) is 17.1. The van der Waals surface area contributed by atoms with Gasteiger partial charge in [0.2, 0.25) is 0 Å². The lowest BCUT2D eigenvalue weighted by molar-refractivity contribution is 0.0312. The molecule has 1 fully saturated rings. The quantitative estimate of drug-likeness (QED) is 0.851. The van der Waals surface area contributed by atoms with Crippen molar-refractivity contribution in [2.75, 3.05) is 13.1 Å². The van der Waals surface area contributed by atoms with Gasteiger partial charge in [-0.2, -0.15) is 4.37 Å². The Morgan fingerprint density at radius 2 is 2.25 bits per heavy atom. The number of aliphatic hydroxyl groups is 1. The van der Waals surface area contributed by atoms with E-state index < -0.39 is 12.1 Å². The van der Waals surface area contributed by atoms with Crippen LogP contribution in [0.15, 0.2) is 29.9 Å². The second-order valence-corrected chi connectivity index (χ2v) is 6.57. The molecule has 9 heteroatoms. The number of pyridine rings is 1. The Morgan fingerprint density at radius 1 is 1.42 bits per heavy atom. The van der Waals surface area contributed by atoms with Crippen molar-refractivity contribution in [2.24, 2.45) is 0 Å². The molecule has 0 bridgehead atoms. The van der Waals surface area contributed by atoms with Gasteiger partial charge >= 0.3 is 0 Å². The Labute approximate surface area is 147 Å². The molecule has 3 heterocycles. The first kappa shape index (κ1) is 16.8. The summed E-state index contributed by atoms with van der Waals surface area (Å²) in [6.45, 7) is 0.585. The molecule has 1 aliphatic heterocycles. The van der Waals surface area contributed by atoms with E-state index in [0.717, 1.165) is 0 Å². The van der Waals surface area contributed by atoms with E-state index in [4.69, 9.17) is 11.6 Å². The van der Waals surface area contributed by atoms with E-state index in [0.29, 0.717) is 29.2 Å². The van der Waals surface area contributed by atoms with E-state index in [9.17, 15) is 14.7 Å². The molecule has 2 N–H and O–H groups in total. The van der Waals surface area contributed by atoms with Crippen LogP contribution in [0.2, 0.25) is 5.02 Å². The van der Waals surface area contributed by atoms with Gasteiger partial charge in [-0.15, -0.1) is 0 Å². The molecular weight excluding hydrogens is 352 g/mol. The number of hydrogen-bond donors (Lipinski definition) is 2. The third-order valence-corrected chi connectivity index (χ3v) is 4.58. The molecule has 2 aromatic rings. The molecule has 2 aromatic heterocycles. The molecular formula is C15H15ClN4O3S. The number of carbonyl (C=O) groups excluding carboxylic acids is 2. The summed E-state index contributed by atoms with van der Waals surface area (Å²) < 4.78 is 4.01. The molecule has 2 unspecified atom stereocenters. The molecule has 0 radical (unpaired) electrons. The van der Waals surface area contributed by atoms with Crippen LogP contribution in [0, 0.1) is 0 Å². The Kier molecular flexibility index (Phi) is 5.08. The van der Waals surface area contributed by atoms with E-state index in [1.807, 2.05) is 0 Å². The van der Waals surface area contributed by atoms with Crippen molar-refractivity contribution < 1.29 is 14.7 Å². The molecule has 0 spiro atoms. The van der Waals surface area contributed by atoms with Crippen LogP contribution in [0.4, 0.5) is 0 Å². The molecule has 126 valence electrons. The van der Waals surface area contributed by atoms with Gasteiger partial charge in [-0.3, -0.25) is 14.6 Å². The number of aromatic nitrogens is 2. The van der Waals surface area contributed by atoms with Crippen LogP contribution in [0.25, 0.3) is 0 Å². The Morgan fingerprint density at radius 3 is 2.92 bits per heavy atom. The normalized spacial score (nSPS) is 20.7. The van der Waals surface area contributed by atoms with Crippen molar-refractivity contribution in [3.63, 3.8) is 0 Å². The summed E-state index contributed by atoms with van der Waals surface area (Å²) in [6.07, 6.45) is 2.46. The van der Waals surface area contributed by atoms with Crippen LogP contribution in [0.3, 0.4) is 0 Å². The number of amides is 2. The van der Waals surface area contributed by atoms with Gasteiger partial charge in [0.1, 0.15) is 5.69 Å². The Balaban J connectivity index is 1.60. The minimum Gasteiger partial charge on any atom is -0.389 e. The SMILES string of the molecule is O=C(NC1CCN(C(=O)c2ccsn2)CC1O)c1cncc(Cl)c1. The molecule has 0 aliphatic carbocycles. The number of nitrogens with one attached hydrogen (secondary N) is 1. The fourth-order valence-electron chi connectivity index (χ4n) is 2.56. The zero-order valence-corrected chi connectivity index (χ0v) is 14.1. The number of aliphatic hydroxyl groups excluding tert-OH is 1. The molecule has 0 saturated carbocycles. The summed E-state index contributed by atoms with van der Waals surface area (Å²) in [4.78, 5) is 29.9. The summed E-state index contributed by atoms with van der Waals surface area (Å²) in [6, 6.07) is 2.73. The number of β-amino-alcohol motifs (C(OH)–C–C–N with tert-alkyl or cyclic N) is 1. The van der Waals surface area contributed by atoms with Crippen molar-refractivity contribution in [3.8, 4) is 0 Å². The van der Waals surface area contributed by atoms with Gasteiger partial charge in [0.25, 0.3) is 11.8 Å². The average molecular weight is 367 g/mol. The van der Waals surface area contributed by atoms with Crippen molar-refractivity contribution in [2.45, 2.75) is 18.6 Å². The topological polar surface area (TPSA) is 95.4 Å². The van der Waals surface area contributed by atoms with Crippen molar-refractivity contribution in [1.29, 1.82) is 0 Å². The fourth-order valence-corrected chi connectivity index (χ4v) is 3.23. The van der Waals surface area contributed by atoms with E-state index in [1.54, 1.807) is 16.3 Å². The standard InChI is InChI=1S/C15H15ClN4O3S/c16-10-5-9(6-17-7-10)14(22)18-11-1-3-20(8-13(11)21)15(23)12-2-4-24-19-12/h2,4-7,11,13,21H,1,3,8H2,(H,18,22). The maximum absolute atomic E-state index is 12.2. The first-order chi connectivity index (χ1) is 11.5. The Bertz CT molecular complexity index is 740. The summed E-state index contributed by atoms with van der Waals surface area (Å²) in [5.41, 5.74) is 0.704. The fraction of sp³-hybridized carbons (Fsp3) is 0.333. The van der Waals surface area contributed by atoms with Crippen LogP contribution in [0.5, 0.6) is 0 Å². The molecule has 3 rings (SSSR count). The molecule has 0 aromatic carbocycles. The van der Waals surface area contributed by atoms with Gasteiger partial charge in [0.15, 0.2) is 0 Å². The molecule has 7 nitrogen and oxygen atoms in total. The third-order valence-electron chi connectivity index (χ3n) is 3.81. The number of halogens is 1. The second-order valence-electron chi connectivity index (χ2n) is 5.46. The van der Waals surface area contributed by atoms with Crippen LogP contribution in [-0.2, 0) is 0 Å². The lowest BCUT2D eigenvalue weighted by Crippen LogP contribution is -2.55. The first-order valence-corrected chi connectivity index (χ1v) is 8.55. The van der Waals surface area contributed by atoms with Gasteiger partial charge in [-0.05, 0) is 30.1 Å². The van der Waals surface area contributed by atoms with E-state index in [2.05, 4.69) is 14.7 Å². The molecule has 24 heavy (non-hydrogen) atoms. The van der Waals surface area contributed by atoms with Crippen molar-refractivity contribution >= 4 is 34.9 Å². The second kappa shape index (κ2) is 7.25. The van der Waals surface area contributed by atoms with Crippen LogP contribution < -0.4 is 5.32 Å². The van der Waals surface area contributed by atoms with Gasteiger partial charge in [-0.1, -0.05) is 11.6 Å². The first-order valence-electron chi connectivity index (χ1n) is 7.33. The average Bonchev–Trinajstić information content (AvgIpc) is 3.10. The summed E-state index contributed by atoms with van der Waals surface area (Å²) >= 11 is 7.03. The lowest BCUT2D eigenvalue weighted by Gasteiger charge is -2.36. The summed E-state index contributed by atoms with van der Waals surface area (Å²) in [7, 11) is 0. The highest BCUT2D eigenvalue weighted by molar-refractivity contribution is 7.03. The summed E-state index contributed by atoms with van der Waals surface area (Å²) in [5, 5.41) is 15.1. The van der Waals surface area contributed by atoms with E-state index in [-0.39, 0.29) is 18.4 Å². The predicted octanol–water partition coefficient (Wildman–Crippen LogP) is 1.20. The smallest absolute Gasteiger partial charge is 0.273 e. The van der Waals surface area contributed by atoms with Crippen LogP contribution in [-0.4, -0.2) is 56.4 Å². The number of carbonyl (C=O) groups is 2. The number of likely N-dealkylation sites (tertiary alicyclic amines) is 1. The summed E-state index contributed by atoms with van der Waals surface area (Å²) in [5.74, 6) is -0.563. The molecule has 2 atom stereocenters. The predicted molar refractivity (Wildman–Crippen MR) is 89.1 cm³/mol. The monoisotopic (exact) mass is 366 g/mol. The minimum absolute atomic E-state index is 0.148. The molecule has 2 amide bonds. The highest BCUT2D eigenvalue weighted by atomic mass is 35.5. The van der Waals surface area contributed by atoms with E-state index >= 15 is 0 Å². The third kappa shape index (κ3) is 3.72. The Hall–Kier alpha value is -2.03. The minimum atomic E-state index is -0.850. The lowest BCUT2D eigenvalue weighted by atomic mass is 10.0. The van der Waals surface area contributed by atoms with Crippen molar-refractivity contribution in [3.05, 3.63) is 46.2 Å².